The zero-order valence-corrected chi connectivity index (χ0v) is 7.42. The van der Waals surface area contributed by atoms with Crippen molar-refractivity contribution in [2.45, 2.75) is 6.04 Å². The monoisotopic (exact) mass is 178 g/mol. The van der Waals surface area contributed by atoms with Crippen molar-refractivity contribution >= 4 is 23.8 Å². The predicted molar refractivity (Wildman–Crippen MR) is 54.8 cm³/mol. The number of benzene rings is 1. The van der Waals surface area contributed by atoms with E-state index in [1.165, 1.54) is 0 Å². The lowest BCUT2D eigenvalue weighted by Gasteiger charge is -2.09. The average molecular weight is 178 g/mol. The van der Waals surface area contributed by atoms with Crippen molar-refractivity contribution in [2.75, 3.05) is 11.1 Å². The van der Waals surface area contributed by atoms with Crippen LogP contribution in [0.1, 0.15) is 0 Å². The van der Waals surface area contributed by atoms with Gasteiger partial charge in [0.2, 0.25) is 0 Å². The molecule has 1 N–H and O–H groups in total. The van der Waals surface area contributed by atoms with E-state index in [0.29, 0.717) is 6.04 Å². The van der Waals surface area contributed by atoms with Crippen LogP contribution in [0.4, 0.5) is 5.69 Å². The van der Waals surface area contributed by atoms with E-state index in [-0.39, 0.29) is 0 Å². The van der Waals surface area contributed by atoms with Crippen LogP contribution >= 0.6 is 11.9 Å². The summed E-state index contributed by atoms with van der Waals surface area (Å²) < 4.78 is 4.09. The van der Waals surface area contributed by atoms with E-state index >= 15 is 0 Å². The molecule has 1 aromatic rings. The molecule has 12 heavy (non-hydrogen) atoms. The Labute approximate surface area is 76.2 Å². The first-order chi connectivity index (χ1) is 5.95. The lowest BCUT2D eigenvalue weighted by molar-refractivity contribution is 1.11. The lowest BCUT2D eigenvalue weighted by atomic mass is 10.3. The van der Waals surface area contributed by atoms with Gasteiger partial charge in [-0.2, -0.15) is 0 Å². The van der Waals surface area contributed by atoms with Gasteiger partial charge in [-0.15, -0.1) is 0 Å². The minimum atomic E-state index is 0.400. The molecule has 2 nitrogen and oxygen atoms in total. The zero-order valence-electron chi connectivity index (χ0n) is 6.60. The van der Waals surface area contributed by atoms with E-state index in [2.05, 4.69) is 21.8 Å². The van der Waals surface area contributed by atoms with Gasteiger partial charge in [0, 0.05) is 17.7 Å². The van der Waals surface area contributed by atoms with Crippen molar-refractivity contribution in [3.05, 3.63) is 30.3 Å². The molecular formula is C9H10N2S. The first-order valence-electron chi connectivity index (χ1n) is 3.92. The van der Waals surface area contributed by atoms with Gasteiger partial charge in [-0.1, -0.05) is 18.2 Å². The number of rotatable bonds is 2. The molecule has 3 heteroatoms. The van der Waals surface area contributed by atoms with Crippen LogP contribution in [-0.2, 0) is 0 Å². The molecule has 2 rings (SSSR count). The Balaban J connectivity index is 1.99. The third-order valence-electron chi connectivity index (χ3n) is 1.70. The number of hydrogen-bond acceptors (Lipinski definition) is 3. The summed E-state index contributed by atoms with van der Waals surface area (Å²) in [6.07, 6.45) is 1.96. The summed E-state index contributed by atoms with van der Waals surface area (Å²) in [6, 6.07) is 10.6. The van der Waals surface area contributed by atoms with E-state index in [1.54, 1.807) is 11.9 Å². The number of nitrogens with one attached hydrogen (secondary N) is 1. The lowest BCUT2D eigenvalue weighted by Crippen LogP contribution is -2.20. The first-order valence-corrected chi connectivity index (χ1v) is 4.86. The van der Waals surface area contributed by atoms with Gasteiger partial charge in [0.1, 0.15) is 0 Å². The molecule has 0 fully saturated rings. The highest BCUT2D eigenvalue weighted by atomic mass is 32.2. The van der Waals surface area contributed by atoms with E-state index in [0.717, 1.165) is 11.4 Å². The van der Waals surface area contributed by atoms with Gasteiger partial charge in [0.05, 0.1) is 6.04 Å². The number of hydrogen-bond donors (Lipinski definition) is 1. The van der Waals surface area contributed by atoms with Crippen LogP contribution < -0.4 is 5.32 Å². The molecule has 0 saturated heterocycles. The summed E-state index contributed by atoms with van der Waals surface area (Å²) in [6.45, 7) is 0. The molecule has 1 heterocycles. The number of nitrogens with zero attached hydrogens (tertiary/aromatic N) is 1. The molecule has 1 aliphatic heterocycles. The summed E-state index contributed by atoms with van der Waals surface area (Å²) in [5.41, 5.74) is 1.16. The highest BCUT2D eigenvalue weighted by Crippen LogP contribution is 2.15. The van der Waals surface area contributed by atoms with Crippen LogP contribution in [0.5, 0.6) is 0 Å². The number of para-hydroxylation sites is 1. The van der Waals surface area contributed by atoms with Crippen LogP contribution in [0.25, 0.3) is 0 Å². The SMILES string of the molecule is C1=NSCC1Nc1ccccc1. The van der Waals surface area contributed by atoms with Gasteiger partial charge in [-0.05, 0) is 24.1 Å². The Morgan fingerprint density at radius 1 is 1.33 bits per heavy atom. The average Bonchev–Trinajstić information content (AvgIpc) is 2.59. The molecule has 0 amide bonds. The van der Waals surface area contributed by atoms with Crippen LogP contribution in [-0.4, -0.2) is 18.0 Å². The summed E-state index contributed by atoms with van der Waals surface area (Å²) in [4.78, 5) is 0. The molecule has 1 aromatic carbocycles. The topological polar surface area (TPSA) is 24.4 Å². The highest BCUT2D eigenvalue weighted by Gasteiger charge is 2.09. The molecule has 0 aromatic heterocycles. The minimum Gasteiger partial charge on any atom is -0.376 e. The fraction of sp³-hybridized carbons (Fsp3) is 0.222. The van der Waals surface area contributed by atoms with Crippen molar-refractivity contribution in [1.29, 1.82) is 0 Å². The maximum absolute atomic E-state index is 4.09. The van der Waals surface area contributed by atoms with Crippen LogP contribution in [0.2, 0.25) is 0 Å². The van der Waals surface area contributed by atoms with Gasteiger partial charge in [-0.3, -0.25) is 0 Å². The molecule has 1 aliphatic rings. The van der Waals surface area contributed by atoms with Gasteiger partial charge in [-0.25, -0.2) is 4.40 Å². The van der Waals surface area contributed by atoms with Crippen molar-refractivity contribution < 1.29 is 0 Å². The molecule has 0 bridgehead atoms. The molecule has 0 saturated carbocycles. The summed E-state index contributed by atoms with van der Waals surface area (Å²) in [5, 5.41) is 3.37. The predicted octanol–water partition coefficient (Wildman–Crippen LogP) is 2.20. The van der Waals surface area contributed by atoms with Crippen molar-refractivity contribution in [3.63, 3.8) is 0 Å². The molecule has 0 spiro atoms. The van der Waals surface area contributed by atoms with E-state index in [1.807, 2.05) is 24.4 Å². The van der Waals surface area contributed by atoms with Gasteiger partial charge in [0.15, 0.2) is 0 Å². The molecule has 62 valence electrons. The van der Waals surface area contributed by atoms with Crippen LogP contribution in [0, 0.1) is 0 Å². The molecular weight excluding hydrogens is 168 g/mol. The number of anilines is 1. The fourth-order valence-corrected chi connectivity index (χ4v) is 1.76. The van der Waals surface area contributed by atoms with Crippen molar-refractivity contribution in [3.8, 4) is 0 Å². The highest BCUT2D eigenvalue weighted by molar-refractivity contribution is 7.98. The minimum absolute atomic E-state index is 0.400. The third kappa shape index (κ3) is 1.80. The standard InChI is InChI=1S/C9H10N2S/c1-2-4-8(5-3-1)11-9-6-10-12-7-9/h1-6,9,11H,7H2. The van der Waals surface area contributed by atoms with Crippen LogP contribution in [0.15, 0.2) is 34.7 Å². The molecule has 0 radical (unpaired) electrons. The third-order valence-corrected chi connectivity index (χ3v) is 2.47. The van der Waals surface area contributed by atoms with Crippen molar-refractivity contribution in [1.82, 2.24) is 0 Å². The van der Waals surface area contributed by atoms with Crippen molar-refractivity contribution in [2.24, 2.45) is 4.40 Å². The van der Waals surface area contributed by atoms with E-state index in [9.17, 15) is 0 Å². The maximum atomic E-state index is 4.09. The van der Waals surface area contributed by atoms with Gasteiger partial charge < -0.3 is 5.32 Å². The Bertz CT molecular complexity index is 271. The van der Waals surface area contributed by atoms with Crippen LogP contribution in [0.3, 0.4) is 0 Å². The second-order valence-electron chi connectivity index (χ2n) is 2.67. The smallest absolute Gasteiger partial charge is 0.0730 e. The Morgan fingerprint density at radius 2 is 2.17 bits per heavy atom. The van der Waals surface area contributed by atoms with E-state index < -0.39 is 0 Å². The summed E-state index contributed by atoms with van der Waals surface area (Å²) in [5.74, 6) is 1.04. The second-order valence-corrected chi connectivity index (χ2v) is 3.47. The first kappa shape index (κ1) is 7.68. The molecule has 1 unspecified atom stereocenters. The van der Waals surface area contributed by atoms with Gasteiger partial charge >= 0.3 is 0 Å². The Kier molecular flexibility index (Phi) is 2.32. The van der Waals surface area contributed by atoms with Gasteiger partial charge in [0.25, 0.3) is 0 Å². The normalized spacial score (nSPS) is 21.2. The second kappa shape index (κ2) is 3.63. The Hall–Kier alpha value is -0.960. The maximum Gasteiger partial charge on any atom is 0.0730 e. The largest absolute Gasteiger partial charge is 0.376 e. The molecule has 0 aliphatic carbocycles. The Morgan fingerprint density at radius 3 is 2.83 bits per heavy atom. The molecule has 1 atom stereocenters. The fourth-order valence-electron chi connectivity index (χ4n) is 1.11. The zero-order chi connectivity index (χ0) is 8.23. The quantitative estimate of drug-likeness (QED) is 0.702. The van der Waals surface area contributed by atoms with E-state index in [4.69, 9.17) is 0 Å². The summed E-state index contributed by atoms with van der Waals surface area (Å²) >= 11 is 1.61. The summed E-state index contributed by atoms with van der Waals surface area (Å²) in [7, 11) is 0.